The highest BCUT2D eigenvalue weighted by Crippen LogP contribution is 2.33. The summed E-state index contributed by atoms with van der Waals surface area (Å²) in [7, 11) is 3.22. The van der Waals surface area contributed by atoms with E-state index in [1.807, 2.05) is 66.7 Å². The molecule has 0 spiro atoms. The number of benzene rings is 4. The minimum absolute atomic E-state index is 0.192. The number of amides is 1. The van der Waals surface area contributed by atoms with Crippen LogP contribution in [0.15, 0.2) is 94.8 Å². The number of ether oxygens (including phenoxy) is 3. The van der Waals surface area contributed by atoms with E-state index >= 15 is 0 Å². The molecule has 1 aliphatic heterocycles. The number of methoxy groups -OCH3 is 2. The van der Waals surface area contributed by atoms with Gasteiger partial charge in [-0.25, -0.2) is 4.99 Å². The van der Waals surface area contributed by atoms with E-state index in [4.69, 9.17) is 14.2 Å². The van der Waals surface area contributed by atoms with Gasteiger partial charge in [0.25, 0.3) is 5.91 Å². The van der Waals surface area contributed by atoms with Gasteiger partial charge in [0.15, 0.2) is 16.7 Å². The highest BCUT2D eigenvalue weighted by Gasteiger charge is 2.24. The smallest absolute Gasteiger partial charge is 0.264 e. The van der Waals surface area contributed by atoms with Gasteiger partial charge >= 0.3 is 0 Å². The number of hydrogen-bond acceptors (Lipinski definition) is 6. The van der Waals surface area contributed by atoms with Crippen LogP contribution < -0.4 is 19.5 Å². The second kappa shape index (κ2) is 10.6. The number of hydrogen-bond donors (Lipinski definition) is 1. The van der Waals surface area contributed by atoms with E-state index in [2.05, 4.69) is 34.6 Å². The van der Waals surface area contributed by atoms with Crippen LogP contribution in [0.4, 0.5) is 5.69 Å². The van der Waals surface area contributed by atoms with Gasteiger partial charge in [0.05, 0.1) is 24.8 Å². The van der Waals surface area contributed by atoms with E-state index in [9.17, 15) is 4.79 Å². The molecule has 0 aliphatic carbocycles. The molecule has 1 aliphatic rings. The number of rotatable bonds is 7. The number of carbonyl (C=O) groups excluding carboxylic acids is 1. The summed E-state index contributed by atoms with van der Waals surface area (Å²) in [4.78, 5) is 17.6. The zero-order chi connectivity index (χ0) is 24.9. The molecule has 0 unspecified atom stereocenters. The Balaban J connectivity index is 1.31. The lowest BCUT2D eigenvalue weighted by molar-refractivity contribution is -0.115. The SMILES string of the molecule is COc1ccc(N=C2NC(=O)C(=Cc3ccc(OCc4cccc5ccccc45)c(OC)c3)S2)cc1. The summed E-state index contributed by atoms with van der Waals surface area (Å²) in [6.45, 7) is 0.418. The van der Waals surface area contributed by atoms with Crippen LogP contribution in [0.3, 0.4) is 0 Å². The molecule has 1 saturated heterocycles. The van der Waals surface area contributed by atoms with E-state index in [1.54, 1.807) is 14.2 Å². The number of carbonyl (C=O) groups is 1. The number of aliphatic imine (C=N–C) groups is 1. The molecule has 6 nitrogen and oxygen atoms in total. The van der Waals surface area contributed by atoms with E-state index in [0.29, 0.717) is 28.2 Å². The van der Waals surface area contributed by atoms with Crippen LogP contribution in [0.2, 0.25) is 0 Å². The summed E-state index contributed by atoms with van der Waals surface area (Å²) in [5, 5.41) is 5.68. The maximum atomic E-state index is 12.5. The molecule has 1 N–H and O–H groups in total. The average Bonchev–Trinajstić information content (AvgIpc) is 3.26. The molecule has 180 valence electrons. The van der Waals surface area contributed by atoms with Gasteiger partial charge in [-0.3, -0.25) is 4.79 Å². The van der Waals surface area contributed by atoms with E-state index in [1.165, 1.54) is 17.1 Å². The van der Waals surface area contributed by atoms with Gasteiger partial charge in [0.2, 0.25) is 0 Å². The van der Waals surface area contributed by atoms with Gasteiger partial charge in [0, 0.05) is 0 Å². The van der Waals surface area contributed by atoms with Crippen molar-refractivity contribution in [3.05, 3.63) is 101 Å². The zero-order valence-corrected chi connectivity index (χ0v) is 20.7. The Morgan fingerprint density at radius 2 is 1.69 bits per heavy atom. The molecule has 4 aromatic rings. The van der Waals surface area contributed by atoms with Crippen molar-refractivity contribution < 1.29 is 19.0 Å². The lowest BCUT2D eigenvalue weighted by Crippen LogP contribution is -2.19. The van der Waals surface area contributed by atoms with Gasteiger partial charge in [0.1, 0.15) is 12.4 Å². The molecule has 1 fully saturated rings. The molecule has 0 radical (unpaired) electrons. The highest BCUT2D eigenvalue weighted by molar-refractivity contribution is 8.18. The monoisotopic (exact) mass is 496 g/mol. The Bertz CT molecular complexity index is 1470. The standard InChI is InChI=1S/C29H24N2O4S/c1-33-23-13-11-22(12-14-23)30-29-31-28(32)27(36-29)17-19-10-15-25(26(16-19)34-2)35-18-21-8-5-7-20-6-3-4-9-24(20)21/h3-17H,18H2,1-2H3,(H,30,31,32). The Morgan fingerprint density at radius 1 is 0.889 bits per heavy atom. The molecular formula is C29H24N2O4S. The zero-order valence-electron chi connectivity index (χ0n) is 19.9. The molecule has 36 heavy (non-hydrogen) atoms. The Labute approximate surface area is 213 Å². The maximum absolute atomic E-state index is 12.5. The first-order valence-corrected chi connectivity index (χ1v) is 12.2. The van der Waals surface area contributed by atoms with Crippen molar-refractivity contribution in [2.45, 2.75) is 6.61 Å². The van der Waals surface area contributed by atoms with Crippen LogP contribution in [-0.2, 0) is 11.4 Å². The minimum atomic E-state index is -0.192. The molecule has 0 aromatic heterocycles. The molecule has 1 heterocycles. The summed E-state index contributed by atoms with van der Waals surface area (Å²) >= 11 is 1.29. The number of thioether (sulfide) groups is 1. The van der Waals surface area contributed by atoms with Crippen molar-refractivity contribution in [1.82, 2.24) is 5.32 Å². The molecule has 0 bridgehead atoms. The topological polar surface area (TPSA) is 69.2 Å². The molecule has 4 aromatic carbocycles. The number of amidine groups is 1. The van der Waals surface area contributed by atoms with Crippen LogP contribution in [-0.4, -0.2) is 25.3 Å². The van der Waals surface area contributed by atoms with Crippen molar-refractivity contribution in [2.24, 2.45) is 4.99 Å². The average molecular weight is 497 g/mol. The number of fused-ring (bicyclic) bond motifs is 1. The van der Waals surface area contributed by atoms with Crippen molar-refractivity contribution >= 4 is 45.4 Å². The first kappa shape index (κ1) is 23.5. The van der Waals surface area contributed by atoms with Gasteiger partial charge < -0.3 is 19.5 Å². The maximum Gasteiger partial charge on any atom is 0.264 e. The van der Waals surface area contributed by atoms with Gasteiger partial charge in [-0.1, -0.05) is 48.5 Å². The molecule has 0 saturated carbocycles. The first-order valence-electron chi connectivity index (χ1n) is 11.3. The van der Waals surface area contributed by atoms with Gasteiger partial charge in [-0.15, -0.1) is 0 Å². The molecular weight excluding hydrogens is 472 g/mol. The quantitative estimate of drug-likeness (QED) is 0.303. The lowest BCUT2D eigenvalue weighted by Gasteiger charge is -2.13. The third kappa shape index (κ3) is 5.21. The van der Waals surface area contributed by atoms with Crippen LogP contribution in [0.1, 0.15) is 11.1 Å². The largest absolute Gasteiger partial charge is 0.497 e. The summed E-state index contributed by atoms with van der Waals surface area (Å²) in [5.41, 5.74) is 2.66. The fraction of sp³-hybridized carbons (Fsp3) is 0.103. The Morgan fingerprint density at radius 3 is 2.50 bits per heavy atom. The van der Waals surface area contributed by atoms with Crippen molar-refractivity contribution in [2.75, 3.05) is 14.2 Å². The van der Waals surface area contributed by atoms with Crippen LogP contribution in [0.5, 0.6) is 17.2 Å². The fourth-order valence-electron chi connectivity index (χ4n) is 3.87. The fourth-order valence-corrected chi connectivity index (χ4v) is 4.71. The second-order valence-corrected chi connectivity index (χ2v) is 9.05. The van der Waals surface area contributed by atoms with Crippen molar-refractivity contribution in [1.29, 1.82) is 0 Å². The predicted molar refractivity (Wildman–Crippen MR) is 145 cm³/mol. The molecule has 7 heteroatoms. The second-order valence-electron chi connectivity index (χ2n) is 8.02. The van der Waals surface area contributed by atoms with Crippen LogP contribution in [0, 0.1) is 0 Å². The Hall–Kier alpha value is -4.23. The van der Waals surface area contributed by atoms with Crippen LogP contribution in [0.25, 0.3) is 16.8 Å². The van der Waals surface area contributed by atoms with Gasteiger partial charge in [-0.05, 0) is 76.1 Å². The molecule has 5 rings (SSSR count). The van der Waals surface area contributed by atoms with Gasteiger partial charge in [-0.2, -0.15) is 0 Å². The predicted octanol–water partition coefficient (Wildman–Crippen LogP) is 6.33. The minimum Gasteiger partial charge on any atom is -0.497 e. The third-order valence-corrected chi connectivity index (χ3v) is 6.61. The first-order chi connectivity index (χ1) is 17.6. The summed E-state index contributed by atoms with van der Waals surface area (Å²) in [6, 6.07) is 27.4. The van der Waals surface area contributed by atoms with Crippen molar-refractivity contribution in [3.63, 3.8) is 0 Å². The normalized spacial score (nSPS) is 15.3. The third-order valence-electron chi connectivity index (χ3n) is 5.70. The summed E-state index contributed by atoms with van der Waals surface area (Å²) in [6.07, 6.45) is 1.81. The van der Waals surface area contributed by atoms with Crippen LogP contribution >= 0.6 is 11.8 Å². The molecule has 1 amide bonds. The highest BCUT2D eigenvalue weighted by atomic mass is 32.2. The number of nitrogens with one attached hydrogen (secondary N) is 1. The van der Waals surface area contributed by atoms with E-state index in [-0.39, 0.29) is 5.91 Å². The molecule has 0 atom stereocenters. The number of nitrogens with zero attached hydrogens (tertiary/aromatic N) is 1. The van der Waals surface area contributed by atoms with E-state index < -0.39 is 0 Å². The van der Waals surface area contributed by atoms with Crippen molar-refractivity contribution in [3.8, 4) is 17.2 Å². The summed E-state index contributed by atoms with van der Waals surface area (Å²) in [5.74, 6) is 1.79. The lowest BCUT2D eigenvalue weighted by atomic mass is 10.1. The van der Waals surface area contributed by atoms with E-state index in [0.717, 1.165) is 28.0 Å². The summed E-state index contributed by atoms with van der Waals surface area (Å²) < 4.78 is 16.9. The Kier molecular flexibility index (Phi) is 6.91.